The molecule has 1 aromatic heterocycles. The van der Waals surface area contributed by atoms with Gasteiger partial charge in [-0.2, -0.15) is 0 Å². The van der Waals surface area contributed by atoms with E-state index < -0.39 is 0 Å². The lowest BCUT2D eigenvalue weighted by Crippen LogP contribution is -2.06. The molecular formula is C11H15N3O. The largest absolute Gasteiger partial charge is 0.508 e. The fourth-order valence-corrected chi connectivity index (χ4v) is 1.37. The van der Waals surface area contributed by atoms with Crippen LogP contribution in [0.25, 0.3) is 5.76 Å². The van der Waals surface area contributed by atoms with Gasteiger partial charge in [0, 0.05) is 23.9 Å². The molecule has 80 valence electrons. The van der Waals surface area contributed by atoms with E-state index in [1.54, 1.807) is 27.0 Å². The lowest BCUT2D eigenvalue weighted by Gasteiger charge is -2.11. The summed E-state index contributed by atoms with van der Waals surface area (Å²) < 4.78 is 0. The molecule has 0 saturated heterocycles. The highest BCUT2D eigenvalue weighted by atomic mass is 16.3. The highest BCUT2D eigenvalue weighted by Crippen LogP contribution is 2.21. The Morgan fingerprint density at radius 3 is 2.53 bits per heavy atom. The van der Waals surface area contributed by atoms with Crippen LogP contribution in [0.4, 0.5) is 5.82 Å². The van der Waals surface area contributed by atoms with Crippen molar-refractivity contribution in [3.8, 4) is 0 Å². The van der Waals surface area contributed by atoms with E-state index in [2.05, 4.69) is 16.9 Å². The molecule has 0 radical (unpaired) electrons. The quantitative estimate of drug-likeness (QED) is 0.524. The van der Waals surface area contributed by atoms with Crippen molar-refractivity contribution in [3.05, 3.63) is 29.5 Å². The van der Waals surface area contributed by atoms with Crippen LogP contribution in [0, 0.1) is 12.3 Å². The Morgan fingerprint density at radius 1 is 1.53 bits per heavy atom. The molecule has 0 fully saturated rings. The van der Waals surface area contributed by atoms with Crippen LogP contribution in [-0.4, -0.2) is 22.8 Å². The number of nitrogens with one attached hydrogen (secondary N) is 2. The van der Waals surface area contributed by atoms with Gasteiger partial charge < -0.3 is 15.8 Å². The van der Waals surface area contributed by atoms with Crippen LogP contribution >= 0.6 is 0 Å². The van der Waals surface area contributed by atoms with Crippen molar-refractivity contribution in [2.24, 2.45) is 0 Å². The van der Waals surface area contributed by atoms with Crippen molar-refractivity contribution in [2.45, 2.75) is 13.8 Å². The van der Waals surface area contributed by atoms with E-state index in [-0.39, 0.29) is 5.76 Å². The van der Waals surface area contributed by atoms with Crippen LogP contribution in [0.3, 0.4) is 0 Å². The van der Waals surface area contributed by atoms with Gasteiger partial charge in [-0.15, -0.1) is 0 Å². The number of anilines is 1. The van der Waals surface area contributed by atoms with Crippen molar-refractivity contribution in [3.63, 3.8) is 0 Å². The molecule has 0 aromatic carbocycles. The van der Waals surface area contributed by atoms with Crippen LogP contribution in [0.1, 0.15) is 23.7 Å². The maximum Gasteiger partial charge on any atom is 0.135 e. The van der Waals surface area contributed by atoms with E-state index in [0.717, 1.165) is 0 Å². The fourth-order valence-electron chi connectivity index (χ4n) is 1.37. The molecule has 0 aliphatic carbocycles. The number of aryl methyl sites for hydroxylation is 1. The molecule has 0 amide bonds. The highest BCUT2D eigenvalue weighted by molar-refractivity contribution is 6.01. The Hall–Kier alpha value is -1.84. The topological polar surface area (TPSA) is 69.0 Å². The van der Waals surface area contributed by atoms with Crippen molar-refractivity contribution < 1.29 is 5.11 Å². The van der Waals surface area contributed by atoms with Crippen LogP contribution in [0.5, 0.6) is 0 Å². The first-order chi connectivity index (χ1) is 6.97. The van der Waals surface area contributed by atoms with Crippen LogP contribution in [0.15, 0.2) is 12.6 Å². The van der Waals surface area contributed by atoms with Gasteiger partial charge in [-0.1, -0.05) is 6.58 Å². The first-order valence-electron chi connectivity index (χ1n) is 4.60. The predicted octanol–water partition coefficient (Wildman–Crippen LogP) is 2.35. The number of hydrogen-bond donors (Lipinski definition) is 3. The molecule has 0 bridgehead atoms. The standard InChI is InChI=1S/C11H15N3O/c1-6(12)9-5-10(8(3)15)7(2)14-11(9)13-4/h5,12,15H,3H2,1-2,4H3,(H,13,14). The summed E-state index contributed by atoms with van der Waals surface area (Å²) in [5.41, 5.74) is 2.34. The van der Waals surface area contributed by atoms with Gasteiger partial charge in [0.1, 0.15) is 11.6 Å². The average Bonchev–Trinajstić information content (AvgIpc) is 2.16. The smallest absolute Gasteiger partial charge is 0.135 e. The third-order valence-electron chi connectivity index (χ3n) is 2.16. The minimum atomic E-state index is -0.0230. The second kappa shape index (κ2) is 4.13. The minimum Gasteiger partial charge on any atom is -0.508 e. The second-order valence-electron chi connectivity index (χ2n) is 3.34. The third kappa shape index (κ3) is 2.15. The zero-order chi connectivity index (χ0) is 11.6. The molecule has 4 heteroatoms. The summed E-state index contributed by atoms with van der Waals surface area (Å²) in [6.45, 7) is 6.94. The molecule has 1 heterocycles. The summed E-state index contributed by atoms with van der Waals surface area (Å²) in [5, 5.41) is 19.9. The summed E-state index contributed by atoms with van der Waals surface area (Å²) in [5.74, 6) is 0.621. The molecule has 15 heavy (non-hydrogen) atoms. The predicted molar refractivity (Wildman–Crippen MR) is 62.7 cm³/mol. The minimum absolute atomic E-state index is 0.0230. The number of aromatic nitrogens is 1. The van der Waals surface area contributed by atoms with Gasteiger partial charge in [0.2, 0.25) is 0 Å². The lowest BCUT2D eigenvalue weighted by molar-refractivity contribution is 0.513. The normalized spacial score (nSPS) is 9.80. The molecular weight excluding hydrogens is 190 g/mol. The molecule has 0 unspecified atom stereocenters. The fraction of sp³-hybridized carbons (Fsp3) is 0.273. The molecule has 0 spiro atoms. The molecule has 4 nitrogen and oxygen atoms in total. The molecule has 0 saturated carbocycles. The Balaban J connectivity index is 3.43. The SMILES string of the molecule is C=C(O)c1cc(C(C)=N)c(NC)nc1C. The van der Waals surface area contributed by atoms with Crippen LogP contribution in [0.2, 0.25) is 0 Å². The summed E-state index contributed by atoms with van der Waals surface area (Å²) in [7, 11) is 1.75. The lowest BCUT2D eigenvalue weighted by atomic mass is 10.1. The molecule has 0 aliphatic heterocycles. The summed E-state index contributed by atoms with van der Waals surface area (Å²) in [4.78, 5) is 4.26. The molecule has 0 aliphatic rings. The number of rotatable bonds is 3. The van der Waals surface area contributed by atoms with Crippen molar-refractivity contribution in [1.29, 1.82) is 5.41 Å². The monoisotopic (exact) mass is 205 g/mol. The maximum atomic E-state index is 9.35. The summed E-state index contributed by atoms with van der Waals surface area (Å²) in [6, 6.07) is 1.72. The van der Waals surface area contributed by atoms with Gasteiger partial charge in [0.25, 0.3) is 0 Å². The zero-order valence-corrected chi connectivity index (χ0v) is 9.18. The van der Waals surface area contributed by atoms with Crippen molar-refractivity contribution in [1.82, 2.24) is 4.98 Å². The van der Waals surface area contributed by atoms with E-state index in [9.17, 15) is 5.11 Å². The third-order valence-corrected chi connectivity index (χ3v) is 2.16. The average molecular weight is 205 g/mol. The Labute approximate surface area is 89.2 Å². The zero-order valence-electron chi connectivity index (χ0n) is 9.18. The van der Waals surface area contributed by atoms with E-state index in [4.69, 9.17) is 5.41 Å². The molecule has 1 rings (SSSR count). The first-order valence-corrected chi connectivity index (χ1v) is 4.60. The van der Waals surface area contributed by atoms with Gasteiger partial charge in [-0.3, -0.25) is 0 Å². The van der Waals surface area contributed by atoms with Crippen LogP contribution in [-0.2, 0) is 0 Å². The molecule has 1 aromatic rings. The van der Waals surface area contributed by atoms with Gasteiger partial charge in [0.15, 0.2) is 0 Å². The van der Waals surface area contributed by atoms with Gasteiger partial charge >= 0.3 is 0 Å². The van der Waals surface area contributed by atoms with Crippen molar-refractivity contribution >= 4 is 17.3 Å². The second-order valence-corrected chi connectivity index (χ2v) is 3.34. The van der Waals surface area contributed by atoms with E-state index in [1.807, 2.05) is 0 Å². The number of aliphatic hydroxyl groups excluding tert-OH is 1. The first kappa shape index (κ1) is 11.2. The van der Waals surface area contributed by atoms with Gasteiger partial charge in [-0.25, -0.2) is 4.98 Å². The number of nitrogens with zero attached hydrogens (tertiary/aromatic N) is 1. The van der Waals surface area contributed by atoms with E-state index in [1.165, 1.54) is 0 Å². The van der Waals surface area contributed by atoms with Crippen LogP contribution < -0.4 is 5.32 Å². The molecule has 3 N–H and O–H groups in total. The number of pyridine rings is 1. The number of aliphatic hydroxyl groups is 1. The summed E-state index contributed by atoms with van der Waals surface area (Å²) >= 11 is 0. The summed E-state index contributed by atoms with van der Waals surface area (Å²) in [6.07, 6.45) is 0. The van der Waals surface area contributed by atoms with Gasteiger partial charge in [0.05, 0.1) is 5.69 Å². The van der Waals surface area contributed by atoms with E-state index in [0.29, 0.717) is 28.4 Å². The highest BCUT2D eigenvalue weighted by Gasteiger charge is 2.11. The number of hydrogen-bond acceptors (Lipinski definition) is 4. The Morgan fingerprint density at radius 2 is 2.13 bits per heavy atom. The maximum absolute atomic E-state index is 9.35. The van der Waals surface area contributed by atoms with Gasteiger partial charge in [-0.05, 0) is 19.9 Å². The van der Waals surface area contributed by atoms with Crippen molar-refractivity contribution in [2.75, 3.05) is 12.4 Å². The Bertz CT molecular complexity index is 424. The Kier molecular flexibility index (Phi) is 3.09. The molecule has 0 atom stereocenters. The van der Waals surface area contributed by atoms with E-state index >= 15 is 0 Å².